The van der Waals surface area contributed by atoms with Crippen molar-refractivity contribution in [2.45, 2.75) is 32.7 Å². The van der Waals surface area contributed by atoms with E-state index in [2.05, 4.69) is 20.7 Å². The Morgan fingerprint density at radius 3 is 2.45 bits per heavy atom. The zero-order chi connectivity index (χ0) is 20.5. The van der Waals surface area contributed by atoms with E-state index < -0.39 is 12.1 Å². The number of hydrogen-bond donors (Lipinski definition) is 2. The van der Waals surface area contributed by atoms with Crippen LogP contribution in [0.1, 0.15) is 23.6 Å². The average Bonchev–Trinajstić information content (AvgIpc) is 3.25. The van der Waals surface area contributed by atoms with Crippen molar-refractivity contribution in [2.24, 2.45) is 0 Å². The maximum Gasteiger partial charge on any atom is 0.408 e. The lowest BCUT2D eigenvalue weighted by molar-refractivity contribution is -0.122. The standard InChI is InChI=1S/C21H23N5O3/c1-16(25-21(28)29-13-19-5-3-2-4-6-19)20(27)23-11-17-7-9-18(10-8-17)12-26-15-22-14-24-26/h2-10,14-16H,11-13H2,1H3,(H,23,27)(H,25,28)/t16-/m0/s1. The third-order valence-corrected chi connectivity index (χ3v) is 4.24. The molecular weight excluding hydrogens is 370 g/mol. The van der Waals surface area contributed by atoms with Crippen LogP contribution in [-0.2, 0) is 29.2 Å². The van der Waals surface area contributed by atoms with E-state index in [1.807, 2.05) is 54.6 Å². The molecule has 1 heterocycles. The summed E-state index contributed by atoms with van der Waals surface area (Å²) >= 11 is 0. The van der Waals surface area contributed by atoms with E-state index in [1.165, 1.54) is 6.33 Å². The SMILES string of the molecule is C[C@H](NC(=O)OCc1ccccc1)C(=O)NCc1ccc(Cn2cncn2)cc1. The van der Waals surface area contributed by atoms with Crippen molar-refractivity contribution in [1.82, 2.24) is 25.4 Å². The molecule has 0 aliphatic rings. The molecule has 0 fully saturated rings. The van der Waals surface area contributed by atoms with Crippen molar-refractivity contribution in [3.63, 3.8) is 0 Å². The van der Waals surface area contributed by atoms with Crippen LogP contribution in [0.2, 0.25) is 0 Å². The van der Waals surface area contributed by atoms with Crippen LogP contribution in [0.5, 0.6) is 0 Å². The molecule has 0 aliphatic heterocycles. The molecule has 2 amide bonds. The van der Waals surface area contributed by atoms with Gasteiger partial charge >= 0.3 is 6.09 Å². The van der Waals surface area contributed by atoms with Crippen molar-refractivity contribution in [2.75, 3.05) is 0 Å². The second kappa shape index (κ2) is 10.0. The Morgan fingerprint density at radius 2 is 1.76 bits per heavy atom. The highest BCUT2D eigenvalue weighted by atomic mass is 16.5. The molecule has 8 nitrogen and oxygen atoms in total. The number of aromatic nitrogens is 3. The number of hydrogen-bond acceptors (Lipinski definition) is 5. The number of nitrogens with one attached hydrogen (secondary N) is 2. The minimum atomic E-state index is -0.704. The molecule has 1 aromatic heterocycles. The molecule has 0 aliphatic carbocycles. The van der Waals surface area contributed by atoms with E-state index in [9.17, 15) is 9.59 Å². The van der Waals surface area contributed by atoms with Crippen molar-refractivity contribution in [3.05, 3.63) is 83.9 Å². The Hall–Kier alpha value is -3.68. The maximum atomic E-state index is 12.2. The highest BCUT2D eigenvalue weighted by Gasteiger charge is 2.16. The molecule has 150 valence electrons. The van der Waals surface area contributed by atoms with Gasteiger partial charge in [0.25, 0.3) is 0 Å². The lowest BCUT2D eigenvalue weighted by Gasteiger charge is -2.14. The van der Waals surface area contributed by atoms with Gasteiger partial charge in [0.15, 0.2) is 0 Å². The molecule has 0 saturated carbocycles. The molecule has 0 saturated heterocycles. The Balaban J connectivity index is 1.39. The number of benzene rings is 2. The van der Waals surface area contributed by atoms with Gasteiger partial charge in [0.1, 0.15) is 25.3 Å². The van der Waals surface area contributed by atoms with Crippen molar-refractivity contribution in [3.8, 4) is 0 Å². The summed E-state index contributed by atoms with van der Waals surface area (Å²) in [6.07, 6.45) is 2.53. The number of carbonyl (C=O) groups is 2. The quantitative estimate of drug-likeness (QED) is 0.612. The van der Waals surface area contributed by atoms with Crippen molar-refractivity contribution in [1.29, 1.82) is 0 Å². The van der Waals surface area contributed by atoms with E-state index in [0.717, 1.165) is 16.7 Å². The Bertz CT molecular complexity index is 911. The lowest BCUT2D eigenvalue weighted by atomic mass is 10.1. The van der Waals surface area contributed by atoms with Crippen molar-refractivity contribution < 1.29 is 14.3 Å². The van der Waals surface area contributed by atoms with Crippen LogP contribution in [0.4, 0.5) is 4.79 Å². The highest BCUT2D eigenvalue weighted by Crippen LogP contribution is 2.06. The zero-order valence-electron chi connectivity index (χ0n) is 16.1. The number of amides is 2. The summed E-state index contributed by atoms with van der Waals surface area (Å²) < 4.78 is 6.86. The average molecular weight is 393 g/mol. The fourth-order valence-corrected chi connectivity index (χ4v) is 2.61. The molecule has 0 spiro atoms. The number of rotatable bonds is 8. The fourth-order valence-electron chi connectivity index (χ4n) is 2.61. The molecule has 8 heteroatoms. The summed E-state index contributed by atoms with van der Waals surface area (Å²) in [6, 6.07) is 16.5. The molecule has 3 aromatic rings. The van der Waals surface area contributed by atoms with Crippen LogP contribution in [-0.4, -0.2) is 32.8 Å². The van der Waals surface area contributed by atoms with Crippen LogP contribution < -0.4 is 10.6 Å². The molecule has 2 N–H and O–H groups in total. The second-order valence-electron chi connectivity index (χ2n) is 6.56. The third kappa shape index (κ3) is 6.46. The first-order chi connectivity index (χ1) is 14.1. The van der Waals surface area contributed by atoms with Crippen LogP contribution >= 0.6 is 0 Å². The summed E-state index contributed by atoms with van der Waals surface area (Å²) in [7, 11) is 0. The first-order valence-corrected chi connectivity index (χ1v) is 9.25. The zero-order valence-corrected chi connectivity index (χ0v) is 16.1. The Labute approximate surface area is 168 Å². The van der Waals surface area contributed by atoms with Gasteiger partial charge in [-0.2, -0.15) is 5.10 Å². The Morgan fingerprint density at radius 1 is 1.03 bits per heavy atom. The molecule has 3 rings (SSSR count). The van der Waals surface area contributed by atoms with Gasteiger partial charge in [0.05, 0.1) is 6.54 Å². The molecular formula is C21H23N5O3. The second-order valence-corrected chi connectivity index (χ2v) is 6.56. The van der Waals surface area contributed by atoms with Gasteiger partial charge in [-0.15, -0.1) is 0 Å². The topological polar surface area (TPSA) is 98.1 Å². The van der Waals surface area contributed by atoms with Gasteiger partial charge in [-0.25, -0.2) is 14.5 Å². The summed E-state index contributed by atoms with van der Waals surface area (Å²) in [5.41, 5.74) is 2.92. The number of ether oxygens (including phenoxy) is 1. The molecule has 0 unspecified atom stereocenters. The minimum absolute atomic E-state index is 0.155. The molecule has 1 atom stereocenters. The van der Waals surface area contributed by atoms with Gasteiger partial charge in [0.2, 0.25) is 5.91 Å². The predicted molar refractivity (Wildman–Crippen MR) is 107 cm³/mol. The summed E-state index contributed by atoms with van der Waals surface area (Å²) in [5, 5.41) is 9.41. The summed E-state index contributed by atoms with van der Waals surface area (Å²) in [5.74, 6) is -0.284. The van der Waals surface area contributed by atoms with E-state index in [0.29, 0.717) is 13.1 Å². The first kappa shape index (κ1) is 20.1. The monoisotopic (exact) mass is 393 g/mol. The summed E-state index contributed by atoms with van der Waals surface area (Å²) in [6.45, 7) is 2.77. The number of carbonyl (C=O) groups excluding carboxylic acids is 2. The van der Waals surface area contributed by atoms with Crippen LogP contribution in [0, 0.1) is 0 Å². The van der Waals surface area contributed by atoms with E-state index in [1.54, 1.807) is 17.9 Å². The van der Waals surface area contributed by atoms with Gasteiger partial charge in [-0.05, 0) is 23.6 Å². The molecule has 29 heavy (non-hydrogen) atoms. The first-order valence-electron chi connectivity index (χ1n) is 9.25. The van der Waals surface area contributed by atoms with Gasteiger partial charge < -0.3 is 15.4 Å². The largest absolute Gasteiger partial charge is 0.445 e. The summed E-state index contributed by atoms with van der Waals surface area (Å²) in [4.78, 5) is 28.0. The van der Waals surface area contributed by atoms with Crippen molar-refractivity contribution >= 4 is 12.0 Å². The molecule has 0 bridgehead atoms. The number of nitrogens with zero attached hydrogens (tertiary/aromatic N) is 3. The van der Waals surface area contributed by atoms with E-state index in [-0.39, 0.29) is 12.5 Å². The predicted octanol–water partition coefficient (Wildman–Crippen LogP) is 2.26. The van der Waals surface area contributed by atoms with Crippen LogP contribution in [0.25, 0.3) is 0 Å². The lowest BCUT2D eigenvalue weighted by Crippen LogP contribution is -2.44. The van der Waals surface area contributed by atoms with Crippen LogP contribution in [0.15, 0.2) is 67.3 Å². The third-order valence-electron chi connectivity index (χ3n) is 4.24. The Kier molecular flexibility index (Phi) is 6.94. The smallest absolute Gasteiger partial charge is 0.408 e. The van der Waals surface area contributed by atoms with Gasteiger partial charge in [0, 0.05) is 6.54 Å². The highest BCUT2D eigenvalue weighted by molar-refractivity contribution is 5.85. The van der Waals surface area contributed by atoms with E-state index >= 15 is 0 Å². The maximum absolute atomic E-state index is 12.2. The minimum Gasteiger partial charge on any atom is -0.445 e. The van der Waals surface area contributed by atoms with Gasteiger partial charge in [-0.3, -0.25) is 4.79 Å². The van der Waals surface area contributed by atoms with E-state index in [4.69, 9.17) is 4.74 Å². The van der Waals surface area contributed by atoms with Crippen LogP contribution in [0.3, 0.4) is 0 Å². The molecule has 0 radical (unpaired) electrons. The normalized spacial score (nSPS) is 11.5. The fraction of sp³-hybridized carbons (Fsp3) is 0.238. The van der Waals surface area contributed by atoms with Gasteiger partial charge in [-0.1, -0.05) is 54.6 Å². The molecule has 2 aromatic carbocycles. The number of alkyl carbamates (subject to hydrolysis) is 1.